The molecule has 0 fully saturated rings. The van der Waals surface area contributed by atoms with Crippen molar-refractivity contribution in [1.82, 2.24) is 0 Å². The highest BCUT2D eigenvalue weighted by Crippen LogP contribution is 2.51. The molecule has 2 nitrogen and oxygen atoms in total. The van der Waals surface area contributed by atoms with E-state index in [0.717, 1.165) is 0 Å². The van der Waals surface area contributed by atoms with Crippen LogP contribution in [0.4, 0.5) is 30.7 Å². The van der Waals surface area contributed by atoms with E-state index in [9.17, 15) is 35.5 Å². The van der Waals surface area contributed by atoms with Crippen molar-refractivity contribution in [3.05, 3.63) is 20.4 Å². The fourth-order valence-corrected chi connectivity index (χ4v) is 4.72. The monoisotopic (exact) mass is 436 g/mol. The molecule has 0 aliphatic rings. The van der Waals surface area contributed by atoms with Gasteiger partial charge in [0.25, 0.3) is 0 Å². The van der Waals surface area contributed by atoms with Gasteiger partial charge < -0.3 is 4.74 Å². The number of esters is 1. The summed E-state index contributed by atoms with van der Waals surface area (Å²) in [6.07, 6.45) is -9.52. The Labute approximate surface area is 157 Å². The Morgan fingerprint density at radius 1 is 1.00 bits per heavy atom. The molecule has 0 saturated heterocycles. The zero-order valence-electron chi connectivity index (χ0n) is 14.2. The third kappa shape index (κ3) is 4.92. The second kappa shape index (κ2) is 7.94. The van der Waals surface area contributed by atoms with Crippen LogP contribution in [0, 0.1) is 11.7 Å². The molecule has 152 valence electrons. The van der Waals surface area contributed by atoms with Crippen molar-refractivity contribution in [1.29, 1.82) is 0 Å². The Hall–Kier alpha value is -1.36. The number of unbranched alkanes of at least 4 members (excludes halogenated alkanes) is 1. The standard InChI is InChI=1S/C16H15F7O2S2/c1-7(2)14(24)25-6-4-3-5-8-10(17)9-11(26-8)13(16(21,22)23)27-12(9)15(18,19)20/h7H,3-6H2,1-2H3. The van der Waals surface area contributed by atoms with Gasteiger partial charge in [0.05, 0.1) is 22.6 Å². The van der Waals surface area contributed by atoms with Crippen LogP contribution in [0.5, 0.6) is 0 Å². The summed E-state index contributed by atoms with van der Waals surface area (Å²) in [4.78, 5) is 8.10. The van der Waals surface area contributed by atoms with Crippen molar-refractivity contribution in [2.24, 2.45) is 5.92 Å². The molecule has 0 bridgehead atoms. The maximum atomic E-state index is 14.4. The lowest BCUT2D eigenvalue weighted by molar-refractivity contribution is -0.147. The molecule has 0 saturated carbocycles. The first-order valence-corrected chi connectivity index (χ1v) is 9.52. The first-order chi connectivity index (χ1) is 12.3. The van der Waals surface area contributed by atoms with E-state index >= 15 is 0 Å². The molecule has 2 rings (SSSR count). The number of carbonyl (C=O) groups is 1. The molecule has 2 aromatic rings. The van der Waals surface area contributed by atoms with Crippen LogP contribution in [-0.4, -0.2) is 12.6 Å². The smallest absolute Gasteiger partial charge is 0.427 e. The summed E-state index contributed by atoms with van der Waals surface area (Å²) in [6.45, 7) is 3.35. The fraction of sp³-hybridized carbons (Fsp3) is 0.562. The van der Waals surface area contributed by atoms with E-state index < -0.39 is 55.3 Å². The van der Waals surface area contributed by atoms with Crippen molar-refractivity contribution in [2.75, 3.05) is 6.61 Å². The predicted molar refractivity (Wildman–Crippen MR) is 88.4 cm³/mol. The van der Waals surface area contributed by atoms with E-state index in [1.165, 1.54) is 0 Å². The lowest BCUT2D eigenvalue weighted by Gasteiger charge is -2.07. The van der Waals surface area contributed by atoms with E-state index in [1.807, 2.05) is 0 Å². The SMILES string of the molecule is CC(C)C(=O)OCCCCc1sc2c(C(F)(F)F)sc(C(F)(F)F)c2c1F. The maximum absolute atomic E-state index is 14.4. The highest BCUT2D eigenvalue weighted by Gasteiger charge is 2.44. The number of alkyl halides is 6. The summed E-state index contributed by atoms with van der Waals surface area (Å²) in [7, 11) is 0. The molecule has 2 heterocycles. The molecule has 0 radical (unpaired) electrons. The number of thiophene rings is 2. The van der Waals surface area contributed by atoms with Crippen molar-refractivity contribution in [2.45, 2.75) is 45.5 Å². The van der Waals surface area contributed by atoms with Crippen LogP contribution >= 0.6 is 22.7 Å². The minimum absolute atomic E-state index is 0.0380. The summed E-state index contributed by atoms with van der Waals surface area (Å²) < 4.78 is 96.8. The third-order valence-electron chi connectivity index (χ3n) is 3.58. The Morgan fingerprint density at radius 3 is 2.11 bits per heavy atom. The van der Waals surface area contributed by atoms with Gasteiger partial charge in [0.15, 0.2) is 0 Å². The zero-order chi connectivity index (χ0) is 20.6. The molecule has 0 aliphatic heterocycles. The van der Waals surface area contributed by atoms with E-state index in [1.54, 1.807) is 13.8 Å². The molecule has 0 spiro atoms. The largest absolute Gasteiger partial charge is 0.465 e. The van der Waals surface area contributed by atoms with Crippen molar-refractivity contribution >= 4 is 38.7 Å². The summed E-state index contributed by atoms with van der Waals surface area (Å²) in [6, 6.07) is 0. The normalized spacial score (nSPS) is 13.0. The Balaban J connectivity index is 2.21. The molecule has 0 unspecified atom stereocenters. The summed E-state index contributed by atoms with van der Waals surface area (Å²) in [5.74, 6) is -1.98. The van der Waals surface area contributed by atoms with Gasteiger partial charge in [0.1, 0.15) is 15.6 Å². The molecule has 0 amide bonds. The van der Waals surface area contributed by atoms with Crippen molar-refractivity contribution in [3.8, 4) is 0 Å². The van der Waals surface area contributed by atoms with E-state index in [-0.39, 0.29) is 30.2 Å². The topological polar surface area (TPSA) is 26.3 Å². The average molecular weight is 436 g/mol. The van der Waals surface area contributed by atoms with Gasteiger partial charge in [-0.3, -0.25) is 4.79 Å². The van der Waals surface area contributed by atoms with E-state index in [0.29, 0.717) is 17.8 Å². The number of halogens is 7. The van der Waals surface area contributed by atoms with Crippen LogP contribution in [0.3, 0.4) is 0 Å². The van der Waals surface area contributed by atoms with Gasteiger partial charge in [-0.1, -0.05) is 13.8 Å². The number of fused-ring (bicyclic) bond motifs is 1. The summed E-state index contributed by atoms with van der Waals surface area (Å²) >= 11 is -0.0918. The molecular weight excluding hydrogens is 421 g/mol. The molecule has 2 aromatic heterocycles. The van der Waals surface area contributed by atoms with Gasteiger partial charge in [-0.2, -0.15) is 26.3 Å². The lowest BCUT2D eigenvalue weighted by atomic mass is 10.2. The van der Waals surface area contributed by atoms with Crippen LogP contribution in [-0.2, 0) is 28.3 Å². The van der Waals surface area contributed by atoms with Gasteiger partial charge in [-0.15, -0.1) is 22.7 Å². The zero-order valence-corrected chi connectivity index (χ0v) is 15.8. The van der Waals surface area contributed by atoms with Gasteiger partial charge in [-0.25, -0.2) is 4.39 Å². The van der Waals surface area contributed by atoms with E-state index in [2.05, 4.69) is 0 Å². The average Bonchev–Trinajstić information content (AvgIpc) is 3.04. The Bertz CT molecular complexity index is 815. The van der Waals surface area contributed by atoms with Crippen LogP contribution in [0.1, 0.15) is 41.3 Å². The summed E-state index contributed by atoms with van der Waals surface area (Å²) in [5, 5.41) is -1.01. The van der Waals surface area contributed by atoms with Gasteiger partial charge in [-0.05, 0) is 19.3 Å². The van der Waals surface area contributed by atoms with Crippen LogP contribution in [0.15, 0.2) is 0 Å². The highest BCUT2D eigenvalue weighted by molar-refractivity contribution is 7.24. The van der Waals surface area contributed by atoms with Crippen LogP contribution in [0.2, 0.25) is 0 Å². The van der Waals surface area contributed by atoms with Crippen LogP contribution < -0.4 is 0 Å². The third-order valence-corrected chi connectivity index (χ3v) is 6.23. The molecular formula is C16H15F7O2S2. The molecule has 0 atom stereocenters. The quantitative estimate of drug-likeness (QED) is 0.288. The number of aryl methyl sites for hydroxylation is 1. The fourth-order valence-electron chi connectivity index (χ4n) is 2.29. The minimum Gasteiger partial charge on any atom is -0.465 e. The Morgan fingerprint density at radius 2 is 1.59 bits per heavy atom. The van der Waals surface area contributed by atoms with Gasteiger partial charge >= 0.3 is 18.3 Å². The first kappa shape index (κ1) is 21.9. The predicted octanol–water partition coefficient (Wildman–Crippen LogP) is 6.66. The molecule has 11 heteroatoms. The minimum atomic E-state index is -5.07. The number of hydrogen-bond donors (Lipinski definition) is 0. The lowest BCUT2D eigenvalue weighted by Crippen LogP contribution is -2.12. The van der Waals surface area contributed by atoms with Gasteiger partial charge in [0, 0.05) is 4.88 Å². The van der Waals surface area contributed by atoms with Crippen molar-refractivity contribution in [3.63, 3.8) is 0 Å². The second-order valence-electron chi connectivity index (χ2n) is 6.08. The molecule has 0 aliphatic carbocycles. The molecule has 27 heavy (non-hydrogen) atoms. The molecule has 0 N–H and O–H groups in total. The second-order valence-corrected chi connectivity index (χ2v) is 8.20. The van der Waals surface area contributed by atoms with Gasteiger partial charge in [0.2, 0.25) is 0 Å². The Kier molecular flexibility index (Phi) is 6.45. The number of rotatable bonds is 6. The van der Waals surface area contributed by atoms with E-state index in [4.69, 9.17) is 4.74 Å². The number of carbonyl (C=O) groups excluding carboxylic acids is 1. The maximum Gasteiger partial charge on any atom is 0.427 e. The highest BCUT2D eigenvalue weighted by atomic mass is 32.1. The number of ether oxygens (including phenoxy) is 1. The molecule has 0 aromatic carbocycles. The van der Waals surface area contributed by atoms with Crippen molar-refractivity contribution < 1.29 is 40.3 Å². The number of hydrogen-bond acceptors (Lipinski definition) is 4. The van der Waals surface area contributed by atoms with Crippen LogP contribution in [0.25, 0.3) is 10.1 Å². The summed E-state index contributed by atoms with van der Waals surface area (Å²) in [5.41, 5.74) is 0. The first-order valence-electron chi connectivity index (χ1n) is 7.88.